The Bertz CT molecular complexity index is 1070. The molecule has 3 aromatic rings. The van der Waals surface area contributed by atoms with Gasteiger partial charge in [-0.25, -0.2) is 4.98 Å². The standard InChI is InChI=1S/C21H19Cl2N3O2/c22-16-5-4-15(12-17(16)23)26-18(11-14-3-1-8-24-19(14)26)20(27)25-9-2-6-21(13-25)7-10-28-21/h1,3-5,8,11-12H,2,6-7,9-10,13H2. The Morgan fingerprint density at radius 2 is 2.00 bits per heavy atom. The van der Waals surface area contributed by atoms with Gasteiger partial charge in [0.05, 0.1) is 28.8 Å². The number of pyridine rings is 1. The highest BCUT2D eigenvalue weighted by Gasteiger charge is 2.43. The quantitative estimate of drug-likeness (QED) is 0.607. The van der Waals surface area contributed by atoms with E-state index in [4.69, 9.17) is 27.9 Å². The normalized spacial score (nSPS) is 21.9. The minimum Gasteiger partial charge on any atom is -0.373 e. The van der Waals surface area contributed by atoms with Gasteiger partial charge < -0.3 is 9.64 Å². The summed E-state index contributed by atoms with van der Waals surface area (Å²) in [6.45, 7) is 2.16. The van der Waals surface area contributed by atoms with Crippen molar-refractivity contribution in [3.63, 3.8) is 0 Å². The largest absolute Gasteiger partial charge is 0.373 e. The first-order chi connectivity index (χ1) is 13.6. The Balaban J connectivity index is 1.60. The van der Waals surface area contributed by atoms with E-state index >= 15 is 0 Å². The highest BCUT2D eigenvalue weighted by molar-refractivity contribution is 6.42. The molecule has 2 aliphatic rings. The van der Waals surface area contributed by atoms with Crippen LogP contribution in [-0.4, -0.2) is 45.7 Å². The smallest absolute Gasteiger partial charge is 0.271 e. The van der Waals surface area contributed by atoms with Gasteiger partial charge in [-0.2, -0.15) is 0 Å². The molecule has 2 aliphatic heterocycles. The predicted octanol–water partition coefficient (Wildman–Crippen LogP) is 4.73. The van der Waals surface area contributed by atoms with Gasteiger partial charge in [0.25, 0.3) is 5.91 Å². The van der Waals surface area contributed by atoms with Crippen LogP contribution in [0.3, 0.4) is 0 Å². The molecule has 0 N–H and O–H groups in total. The molecule has 1 aromatic carbocycles. The number of piperidine rings is 1. The Labute approximate surface area is 172 Å². The maximum atomic E-state index is 13.5. The molecule has 1 atom stereocenters. The highest BCUT2D eigenvalue weighted by Crippen LogP contribution is 2.36. The second kappa shape index (κ2) is 6.76. The molecule has 1 unspecified atom stereocenters. The zero-order chi connectivity index (χ0) is 19.3. The van der Waals surface area contributed by atoms with E-state index in [0.717, 1.165) is 49.1 Å². The average Bonchev–Trinajstić information content (AvgIpc) is 3.08. The van der Waals surface area contributed by atoms with Gasteiger partial charge in [0.15, 0.2) is 0 Å². The van der Waals surface area contributed by atoms with Crippen LogP contribution in [0, 0.1) is 0 Å². The van der Waals surface area contributed by atoms with Crippen LogP contribution in [0.2, 0.25) is 10.0 Å². The fourth-order valence-corrected chi connectivity index (χ4v) is 4.52. The summed E-state index contributed by atoms with van der Waals surface area (Å²) in [5.41, 5.74) is 1.91. The van der Waals surface area contributed by atoms with E-state index in [1.165, 1.54) is 0 Å². The molecule has 7 heteroatoms. The fourth-order valence-electron chi connectivity index (χ4n) is 4.22. The molecule has 5 nitrogen and oxygen atoms in total. The number of ether oxygens (including phenoxy) is 1. The molecule has 1 spiro atoms. The number of halogens is 2. The summed E-state index contributed by atoms with van der Waals surface area (Å²) < 4.78 is 7.70. The summed E-state index contributed by atoms with van der Waals surface area (Å²) in [7, 11) is 0. The lowest BCUT2D eigenvalue weighted by molar-refractivity contribution is -0.171. The minimum atomic E-state index is -0.146. The monoisotopic (exact) mass is 415 g/mol. The number of nitrogens with zero attached hydrogens (tertiary/aromatic N) is 3. The highest BCUT2D eigenvalue weighted by atomic mass is 35.5. The van der Waals surface area contributed by atoms with Gasteiger partial charge in [-0.1, -0.05) is 23.2 Å². The van der Waals surface area contributed by atoms with E-state index in [2.05, 4.69) is 4.98 Å². The predicted molar refractivity (Wildman–Crippen MR) is 110 cm³/mol. The number of hydrogen-bond donors (Lipinski definition) is 0. The number of aromatic nitrogens is 2. The van der Waals surface area contributed by atoms with E-state index in [1.54, 1.807) is 18.3 Å². The molecule has 5 rings (SSSR count). The van der Waals surface area contributed by atoms with Gasteiger partial charge in [0.1, 0.15) is 11.3 Å². The summed E-state index contributed by atoms with van der Waals surface area (Å²) in [6.07, 6.45) is 4.72. The van der Waals surface area contributed by atoms with Gasteiger partial charge in [0, 0.05) is 30.2 Å². The fraction of sp³-hybridized carbons (Fsp3) is 0.333. The van der Waals surface area contributed by atoms with E-state index in [0.29, 0.717) is 22.3 Å². The Morgan fingerprint density at radius 1 is 1.14 bits per heavy atom. The Morgan fingerprint density at radius 3 is 2.75 bits per heavy atom. The second-order valence-corrected chi connectivity index (χ2v) is 8.31. The number of hydrogen-bond acceptors (Lipinski definition) is 3. The van der Waals surface area contributed by atoms with Crippen LogP contribution in [0.5, 0.6) is 0 Å². The minimum absolute atomic E-state index is 0.0151. The van der Waals surface area contributed by atoms with Crippen LogP contribution in [0.15, 0.2) is 42.6 Å². The molecule has 4 heterocycles. The lowest BCUT2D eigenvalue weighted by Crippen LogP contribution is -2.57. The molecular formula is C21H19Cl2N3O2. The lowest BCUT2D eigenvalue weighted by Gasteiger charge is -2.48. The van der Waals surface area contributed by atoms with Crippen molar-refractivity contribution in [2.45, 2.75) is 24.9 Å². The first kappa shape index (κ1) is 18.0. The van der Waals surface area contributed by atoms with Gasteiger partial charge in [-0.05, 0) is 49.2 Å². The van der Waals surface area contributed by atoms with Crippen molar-refractivity contribution in [2.75, 3.05) is 19.7 Å². The number of fused-ring (bicyclic) bond motifs is 1. The van der Waals surface area contributed by atoms with Crippen molar-refractivity contribution < 1.29 is 9.53 Å². The Kier molecular flexibility index (Phi) is 4.34. The third kappa shape index (κ3) is 2.89. The molecular weight excluding hydrogens is 397 g/mol. The maximum absolute atomic E-state index is 13.5. The van der Waals surface area contributed by atoms with Crippen LogP contribution < -0.4 is 0 Å². The number of benzene rings is 1. The van der Waals surface area contributed by atoms with Crippen molar-refractivity contribution in [3.05, 3.63) is 58.3 Å². The van der Waals surface area contributed by atoms with Crippen molar-refractivity contribution >= 4 is 40.1 Å². The molecule has 0 saturated carbocycles. The van der Waals surface area contributed by atoms with Gasteiger partial charge in [-0.15, -0.1) is 0 Å². The SMILES string of the molecule is O=C(c1cc2cccnc2n1-c1ccc(Cl)c(Cl)c1)N1CCCC2(CCO2)C1. The topological polar surface area (TPSA) is 47.4 Å². The summed E-state index contributed by atoms with van der Waals surface area (Å²) in [4.78, 5) is 19.9. The molecule has 1 amide bonds. The molecule has 0 aliphatic carbocycles. The third-order valence-corrected chi connectivity index (χ3v) is 6.47. The summed E-state index contributed by atoms with van der Waals surface area (Å²) in [5, 5.41) is 1.82. The third-order valence-electron chi connectivity index (χ3n) is 5.73. The van der Waals surface area contributed by atoms with Crippen molar-refractivity contribution in [2.24, 2.45) is 0 Å². The zero-order valence-electron chi connectivity index (χ0n) is 15.2. The van der Waals surface area contributed by atoms with E-state index in [1.807, 2.05) is 33.7 Å². The summed E-state index contributed by atoms with van der Waals surface area (Å²) >= 11 is 12.3. The van der Waals surface area contributed by atoms with Crippen molar-refractivity contribution in [3.8, 4) is 5.69 Å². The van der Waals surface area contributed by atoms with Crippen LogP contribution in [-0.2, 0) is 4.74 Å². The summed E-state index contributed by atoms with van der Waals surface area (Å²) in [6, 6.07) is 11.1. The zero-order valence-corrected chi connectivity index (χ0v) is 16.7. The number of carbonyl (C=O) groups excluding carboxylic acids is 1. The Hall–Kier alpha value is -2.08. The van der Waals surface area contributed by atoms with E-state index in [-0.39, 0.29) is 11.5 Å². The van der Waals surface area contributed by atoms with Crippen molar-refractivity contribution in [1.82, 2.24) is 14.5 Å². The number of likely N-dealkylation sites (tertiary alicyclic amines) is 1. The van der Waals surface area contributed by atoms with Crippen LogP contribution >= 0.6 is 23.2 Å². The maximum Gasteiger partial charge on any atom is 0.271 e. The first-order valence-electron chi connectivity index (χ1n) is 9.41. The molecule has 2 aromatic heterocycles. The first-order valence-corrected chi connectivity index (χ1v) is 10.2. The molecule has 2 fully saturated rings. The lowest BCUT2D eigenvalue weighted by atomic mass is 9.86. The van der Waals surface area contributed by atoms with E-state index < -0.39 is 0 Å². The summed E-state index contributed by atoms with van der Waals surface area (Å²) in [5.74, 6) is -0.0151. The van der Waals surface area contributed by atoms with Crippen LogP contribution in [0.1, 0.15) is 29.8 Å². The molecule has 28 heavy (non-hydrogen) atoms. The number of carbonyl (C=O) groups is 1. The molecule has 2 saturated heterocycles. The van der Waals surface area contributed by atoms with E-state index in [9.17, 15) is 4.79 Å². The van der Waals surface area contributed by atoms with Crippen molar-refractivity contribution in [1.29, 1.82) is 0 Å². The van der Waals surface area contributed by atoms with Gasteiger partial charge in [0.2, 0.25) is 0 Å². The van der Waals surface area contributed by atoms with Crippen LogP contribution in [0.4, 0.5) is 0 Å². The number of rotatable bonds is 2. The van der Waals surface area contributed by atoms with Crippen LogP contribution in [0.25, 0.3) is 16.7 Å². The second-order valence-electron chi connectivity index (χ2n) is 7.49. The molecule has 0 radical (unpaired) electrons. The van der Waals surface area contributed by atoms with Gasteiger partial charge in [-0.3, -0.25) is 9.36 Å². The number of amides is 1. The molecule has 0 bridgehead atoms. The van der Waals surface area contributed by atoms with Gasteiger partial charge >= 0.3 is 0 Å². The average molecular weight is 416 g/mol. The molecule has 144 valence electrons.